The number of rotatable bonds is 41. The van der Waals surface area contributed by atoms with Crippen molar-refractivity contribution in [1.29, 1.82) is 0 Å². The molecule has 0 fully saturated rings. The molecule has 0 saturated carbocycles. The zero-order valence-corrected chi connectivity index (χ0v) is 30.7. The molecule has 0 aromatic heterocycles. The van der Waals surface area contributed by atoms with Gasteiger partial charge in [-0.25, -0.2) is 0 Å². The van der Waals surface area contributed by atoms with Gasteiger partial charge in [0, 0.05) is 18.8 Å². The van der Waals surface area contributed by atoms with Gasteiger partial charge in [-0.15, -0.1) is 0 Å². The molecule has 0 aliphatic carbocycles. The van der Waals surface area contributed by atoms with E-state index >= 15 is 0 Å². The first-order valence-electron chi connectivity index (χ1n) is 19.0. The molecule has 12 heteroatoms. The van der Waals surface area contributed by atoms with Crippen LogP contribution in [-0.4, -0.2) is 142 Å². The molecule has 288 valence electrons. The van der Waals surface area contributed by atoms with E-state index in [-0.39, 0.29) is 25.0 Å². The Labute approximate surface area is 296 Å². The first-order chi connectivity index (χ1) is 24.3. The summed E-state index contributed by atoms with van der Waals surface area (Å²) in [6.45, 7) is 11.8. The number of ether oxygens (including phenoxy) is 9. The second-order valence-electron chi connectivity index (χ2n) is 11.9. The van der Waals surface area contributed by atoms with E-state index in [2.05, 4.69) is 6.92 Å². The molecule has 0 bridgehead atoms. The largest absolute Gasteiger partial charge is 0.379 e. The van der Waals surface area contributed by atoms with Gasteiger partial charge in [-0.1, -0.05) is 84.0 Å². The molecular weight excluding hydrogens is 634 g/mol. The van der Waals surface area contributed by atoms with Crippen molar-refractivity contribution in [2.45, 2.75) is 90.4 Å². The predicted molar refractivity (Wildman–Crippen MR) is 189 cm³/mol. The van der Waals surface area contributed by atoms with Crippen LogP contribution < -0.4 is 0 Å². The normalized spacial score (nSPS) is 13.0. The maximum absolute atomic E-state index is 11.4. The van der Waals surface area contributed by atoms with Crippen LogP contribution in [0.3, 0.4) is 0 Å². The quantitative estimate of drug-likeness (QED) is 0.0621. The SMILES string of the molecule is CCCCCCCCCCCCCCCOCCOCCOCCOCCOCCOCCOCCOCCOCCN1C(=O)C=CC1=O. The van der Waals surface area contributed by atoms with E-state index in [1.165, 1.54) is 89.2 Å². The smallest absolute Gasteiger partial charge is 0.253 e. The van der Waals surface area contributed by atoms with Crippen molar-refractivity contribution in [3.63, 3.8) is 0 Å². The van der Waals surface area contributed by atoms with E-state index in [9.17, 15) is 9.59 Å². The summed E-state index contributed by atoms with van der Waals surface area (Å²) < 4.78 is 49.5. The summed E-state index contributed by atoms with van der Waals surface area (Å²) in [5.74, 6) is -0.602. The number of hydrogen-bond acceptors (Lipinski definition) is 11. The Morgan fingerprint density at radius 3 is 0.898 bits per heavy atom. The third-order valence-corrected chi connectivity index (χ3v) is 7.73. The summed E-state index contributed by atoms with van der Waals surface area (Å²) in [4.78, 5) is 24.0. The molecule has 1 aliphatic rings. The van der Waals surface area contributed by atoms with Crippen molar-refractivity contribution in [3.05, 3.63) is 12.2 Å². The van der Waals surface area contributed by atoms with Gasteiger partial charge in [0.2, 0.25) is 0 Å². The van der Waals surface area contributed by atoms with Crippen molar-refractivity contribution in [3.8, 4) is 0 Å². The van der Waals surface area contributed by atoms with Crippen LogP contribution in [0.5, 0.6) is 0 Å². The highest BCUT2D eigenvalue weighted by Gasteiger charge is 2.22. The van der Waals surface area contributed by atoms with E-state index in [1.807, 2.05) is 0 Å². The number of carbonyl (C=O) groups excluding carboxylic acids is 2. The lowest BCUT2D eigenvalue weighted by molar-refractivity contribution is -0.137. The number of unbranched alkanes of at least 4 members (excludes halogenated alkanes) is 12. The summed E-state index contributed by atoms with van der Waals surface area (Å²) in [6.07, 6.45) is 20.3. The lowest BCUT2D eigenvalue weighted by Gasteiger charge is -2.13. The van der Waals surface area contributed by atoms with Gasteiger partial charge in [-0.2, -0.15) is 0 Å². The molecule has 49 heavy (non-hydrogen) atoms. The second kappa shape index (κ2) is 37.8. The van der Waals surface area contributed by atoms with Gasteiger partial charge in [0.1, 0.15) is 0 Å². The summed E-state index contributed by atoms with van der Waals surface area (Å²) in [5, 5.41) is 0. The fraction of sp³-hybridized carbons (Fsp3) is 0.892. The van der Waals surface area contributed by atoms with Crippen LogP contribution in [0.2, 0.25) is 0 Å². The fourth-order valence-corrected chi connectivity index (χ4v) is 4.89. The van der Waals surface area contributed by atoms with Crippen molar-refractivity contribution < 1.29 is 52.2 Å². The molecule has 1 rings (SSSR count). The monoisotopic (exact) mass is 703 g/mol. The van der Waals surface area contributed by atoms with Gasteiger partial charge in [0.15, 0.2) is 0 Å². The number of carbonyl (C=O) groups is 2. The first-order valence-corrected chi connectivity index (χ1v) is 19.0. The molecule has 0 atom stereocenters. The number of imide groups is 1. The second-order valence-corrected chi connectivity index (χ2v) is 11.9. The molecule has 0 radical (unpaired) electrons. The first kappa shape index (κ1) is 45.5. The van der Waals surface area contributed by atoms with E-state index in [1.54, 1.807) is 0 Å². The third-order valence-electron chi connectivity index (χ3n) is 7.73. The molecule has 0 spiro atoms. The predicted octanol–water partition coefficient (Wildman–Crippen LogP) is 5.15. The minimum Gasteiger partial charge on any atom is -0.379 e. The van der Waals surface area contributed by atoms with Crippen LogP contribution in [0.1, 0.15) is 90.4 Å². The van der Waals surface area contributed by atoms with Gasteiger partial charge in [-0.3, -0.25) is 14.5 Å². The molecule has 12 nitrogen and oxygen atoms in total. The number of amides is 2. The average molecular weight is 704 g/mol. The van der Waals surface area contributed by atoms with E-state index < -0.39 is 0 Å². The minimum absolute atomic E-state index is 0.246. The maximum Gasteiger partial charge on any atom is 0.253 e. The van der Waals surface area contributed by atoms with E-state index in [0.717, 1.165) is 17.9 Å². The van der Waals surface area contributed by atoms with Crippen molar-refractivity contribution in [2.24, 2.45) is 0 Å². The average Bonchev–Trinajstić information content (AvgIpc) is 3.43. The zero-order valence-electron chi connectivity index (χ0n) is 30.7. The Morgan fingerprint density at radius 2 is 0.592 bits per heavy atom. The molecular formula is C37H69NO11. The Hall–Kier alpha value is -1.48. The van der Waals surface area contributed by atoms with Gasteiger partial charge < -0.3 is 42.6 Å². The lowest BCUT2D eigenvalue weighted by atomic mass is 10.0. The van der Waals surface area contributed by atoms with E-state index in [0.29, 0.717) is 106 Å². The highest BCUT2D eigenvalue weighted by atomic mass is 16.6. The maximum atomic E-state index is 11.4. The summed E-state index contributed by atoms with van der Waals surface area (Å²) in [7, 11) is 0. The molecule has 0 N–H and O–H groups in total. The van der Waals surface area contributed by atoms with Crippen LogP contribution in [0.4, 0.5) is 0 Å². The Bertz CT molecular complexity index is 738. The number of hydrogen-bond donors (Lipinski definition) is 0. The van der Waals surface area contributed by atoms with Gasteiger partial charge in [-0.05, 0) is 6.42 Å². The van der Waals surface area contributed by atoms with Crippen LogP contribution in [0.25, 0.3) is 0 Å². The lowest BCUT2D eigenvalue weighted by Crippen LogP contribution is -2.33. The summed E-state index contributed by atoms with van der Waals surface area (Å²) in [6, 6.07) is 0. The highest BCUT2D eigenvalue weighted by molar-refractivity contribution is 6.12. The van der Waals surface area contributed by atoms with Gasteiger partial charge in [0.25, 0.3) is 11.8 Å². The van der Waals surface area contributed by atoms with Crippen molar-refractivity contribution in [2.75, 3.05) is 125 Å². The van der Waals surface area contributed by atoms with Crippen LogP contribution in [0, 0.1) is 0 Å². The molecule has 2 amide bonds. The standard InChI is InChI=1S/C37H69NO11/c1-2-3-4-5-6-7-8-9-10-11-12-13-14-18-41-20-22-43-24-26-45-28-30-47-32-34-49-35-33-48-31-29-46-27-25-44-23-21-42-19-17-38-36(39)15-16-37(38)40/h15-16H,2-14,17-35H2,1H3. The van der Waals surface area contributed by atoms with Crippen LogP contribution >= 0.6 is 0 Å². The molecule has 1 aliphatic heterocycles. The Morgan fingerprint density at radius 1 is 0.347 bits per heavy atom. The summed E-state index contributed by atoms with van der Waals surface area (Å²) >= 11 is 0. The Kier molecular flexibility index (Phi) is 35.1. The van der Waals surface area contributed by atoms with E-state index in [4.69, 9.17) is 42.6 Å². The topological polar surface area (TPSA) is 120 Å². The number of nitrogens with zero attached hydrogens (tertiary/aromatic N) is 1. The minimum atomic E-state index is -0.301. The van der Waals surface area contributed by atoms with Crippen LogP contribution in [-0.2, 0) is 52.2 Å². The summed E-state index contributed by atoms with van der Waals surface area (Å²) in [5.41, 5.74) is 0. The highest BCUT2D eigenvalue weighted by Crippen LogP contribution is 2.12. The molecule has 0 unspecified atom stereocenters. The van der Waals surface area contributed by atoms with Gasteiger partial charge in [0.05, 0.1) is 119 Å². The molecule has 0 saturated heterocycles. The van der Waals surface area contributed by atoms with Crippen LogP contribution in [0.15, 0.2) is 12.2 Å². The van der Waals surface area contributed by atoms with Crippen molar-refractivity contribution in [1.82, 2.24) is 4.90 Å². The van der Waals surface area contributed by atoms with Crippen molar-refractivity contribution >= 4 is 11.8 Å². The molecule has 0 aromatic carbocycles. The third kappa shape index (κ3) is 32.2. The van der Waals surface area contributed by atoms with Gasteiger partial charge >= 0.3 is 0 Å². The fourth-order valence-electron chi connectivity index (χ4n) is 4.89. The molecule has 1 heterocycles. The Balaban J connectivity index is 1.61. The zero-order chi connectivity index (χ0) is 35.1. The molecule has 0 aromatic rings.